The van der Waals surface area contributed by atoms with E-state index in [-0.39, 0.29) is 29.1 Å². The number of carbonyl (C=O) groups is 1. The lowest BCUT2D eigenvalue weighted by molar-refractivity contribution is -0.123. The number of rotatable bonds is 4. The lowest BCUT2D eigenvalue weighted by atomic mass is 10.0. The van der Waals surface area contributed by atoms with Crippen LogP contribution in [-0.4, -0.2) is 39.7 Å². The molecule has 0 bridgehead atoms. The molecule has 1 fully saturated rings. The summed E-state index contributed by atoms with van der Waals surface area (Å²) >= 11 is 0. The zero-order chi connectivity index (χ0) is 12.9. The fraction of sp³-hybridized carbons (Fsp3) is 0.917. The van der Waals surface area contributed by atoms with Crippen LogP contribution in [0.1, 0.15) is 40.0 Å². The van der Waals surface area contributed by atoms with Crippen molar-refractivity contribution in [1.29, 1.82) is 0 Å². The third kappa shape index (κ3) is 6.16. The maximum atomic E-state index is 11.8. The lowest BCUT2D eigenvalue weighted by Gasteiger charge is -2.23. The number of hydrogen-bond donors (Lipinski definition) is 2. The molecule has 0 aromatic carbocycles. The third-order valence-electron chi connectivity index (χ3n) is 2.90. The van der Waals surface area contributed by atoms with E-state index in [2.05, 4.69) is 10.6 Å². The Morgan fingerprint density at radius 1 is 1.39 bits per heavy atom. The van der Waals surface area contributed by atoms with E-state index >= 15 is 0 Å². The van der Waals surface area contributed by atoms with Crippen LogP contribution >= 0.6 is 12.4 Å². The highest BCUT2D eigenvalue weighted by atomic mass is 35.5. The Kier molecular flexibility index (Phi) is 8.06. The van der Waals surface area contributed by atoms with Crippen molar-refractivity contribution in [3.8, 4) is 0 Å². The average Bonchev–Trinajstić information content (AvgIpc) is 2.28. The first-order valence-electron chi connectivity index (χ1n) is 6.31. The van der Waals surface area contributed by atoms with Crippen LogP contribution in [0.15, 0.2) is 0 Å². The van der Waals surface area contributed by atoms with Gasteiger partial charge in [0.15, 0.2) is 0 Å². The van der Waals surface area contributed by atoms with Gasteiger partial charge in [-0.2, -0.15) is 0 Å². The Morgan fingerprint density at radius 3 is 2.56 bits per heavy atom. The minimum Gasteiger partial charge on any atom is -0.354 e. The first-order chi connectivity index (χ1) is 7.91. The van der Waals surface area contributed by atoms with Gasteiger partial charge in [-0.15, -0.1) is 12.4 Å². The predicted molar refractivity (Wildman–Crippen MR) is 78.7 cm³/mol. The SMILES string of the molecule is CC(C)(C)S(=O)CCNC(=O)C1CCCCN1.Cl. The van der Waals surface area contributed by atoms with Crippen LogP contribution in [-0.2, 0) is 15.6 Å². The van der Waals surface area contributed by atoms with Crippen molar-refractivity contribution in [3.05, 3.63) is 0 Å². The minimum atomic E-state index is -0.894. The topological polar surface area (TPSA) is 58.2 Å². The quantitative estimate of drug-likeness (QED) is 0.820. The Labute approximate surface area is 119 Å². The summed E-state index contributed by atoms with van der Waals surface area (Å²) in [6.45, 7) is 7.28. The molecular weight excluding hydrogens is 272 g/mol. The van der Waals surface area contributed by atoms with Crippen LogP contribution in [0.5, 0.6) is 0 Å². The summed E-state index contributed by atoms with van der Waals surface area (Å²) in [6.07, 6.45) is 3.17. The minimum absolute atomic E-state index is 0. The van der Waals surface area contributed by atoms with Gasteiger partial charge >= 0.3 is 0 Å². The fourth-order valence-electron chi connectivity index (χ4n) is 1.77. The van der Waals surface area contributed by atoms with E-state index < -0.39 is 10.8 Å². The van der Waals surface area contributed by atoms with Crippen molar-refractivity contribution in [1.82, 2.24) is 10.6 Å². The second-order valence-corrected chi connectivity index (χ2v) is 7.78. The van der Waals surface area contributed by atoms with Gasteiger partial charge in [-0.05, 0) is 40.2 Å². The molecule has 4 nitrogen and oxygen atoms in total. The monoisotopic (exact) mass is 296 g/mol. The molecule has 2 N–H and O–H groups in total. The highest BCUT2D eigenvalue weighted by molar-refractivity contribution is 7.86. The summed E-state index contributed by atoms with van der Waals surface area (Å²) in [5, 5.41) is 6.06. The molecule has 0 radical (unpaired) electrons. The van der Waals surface area contributed by atoms with E-state index in [1.165, 1.54) is 0 Å². The van der Waals surface area contributed by atoms with E-state index in [1.807, 2.05) is 20.8 Å². The number of piperidine rings is 1. The zero-order valence-electron chi connectivity index (χ0n) is 11.5. The molecule has 2 unspecified atom stereocenters. The third-order valence-corrected chi connectivity index (χ3v) is 4.84. The molecule has 1 aliphatic heterocycles. The highest BCUT2D eigenvalue weighted by Gasteiger charge is 2.22. The number of carbonyl (C=O) groups excluding carboxylic acids is 1. The summed E-state index contributed by atoms with van der Waals surface area (Å²) in [4.78, 5) is 11.8. The molecule has 0 aromatic heterocycles. The molecule has 1 amide bonds. The Balaban J connectivity index is 0.00000289. The molecule has 0 aliphatic carbocycles. The summed E-state index contributed by atoms with van der Waals surface area (Å²) < 4.78 is 11.6. The normalized spacial score (nSPS) is 21.8. The van der Waals surface area contributed by atoms with Crippen LogP contribution in [0.25, 0.3) is 0 Å². The van der Waals surface area contributed by atoms with Crippen LogP contribution in [0.4, 0.5) is 0 Å². The molecule has 6 heteroatoms. The molecular formula is C12H25ClN2O2S. The maximum absolute atomic E-state index is 11.8. The van der Waals surface area contributed by atoms with Crippen LogP contribution in [0.3, 0.4) is 0 Å². The van der Waals surface area contributed by atoms with Crippen LogP contribution in [0, 0.1) is 0 Å². The van der Waals surface area contributed by atoms with E-state index in [4.69, 9.17) is 0 Å². The summed E-state index contributed by atoms with van der Waals surface area (Å²) in [5.41, 5.74) is 0. The molecule has 0 spiro atoms. The van der Waals surface area contributed by atoms with Gasteiger partial charge < -0.3 is 10.6 Å². The number of nitrogens with one attached hydrogen (secondary N) is 2. The number of amides is 1. The predicted octanol–water partition coefficient (Wildman–Crippen LogP) is 1.21. The van der Waals surface area contributed by atoms with Crippen molar-refractivity contribution in [2.24, 2.45) is 0 Å². The number of hydrogen-bond acceptors (Lipinski definition) is 3. The van der Waals surface area contributed by atoms with Gasteiger partial charge in [-0.3, -0.25) is 9.00 Å². The van der Waals surface area contributed by atoms with Gasteiger partial charge in [0.2, 0.25) is 5.91 Å². The summed E-state index contributed by atoms with van der Waals surface area (Å²) in [5.74, 6) is 0.581. The van der Waals surface area contributed by atoms with Crippen molar-refractivity contribution >= 4 is 29.1 Å². The van der Waals surface area contributed by atoms with Crippen molar-refractivity contribution in [3.63, 3.8) is 0 Å². The van der Waals surface area contributed by atoms with Gasteiger partial charge in [0, 0.05) is 27.8 Å². The molecule has 108 valence electrons. The van der Waals surface area contributed by atoms with Gasteiger partial charge in [0.05, 0.1) is 6.04 Å². The van der Waals surface area contributed by atoms with E-state index in [0.717, 1.165) is 25.8 Å². The second kappa shape index (κ2) is 8.12. The molecule has 1 aliphatic rings. The first-order valence-corrected chi connectivity index (χ1v) is 7.63. The Morgan fingerprint density at radius 2 is 2.06 bits per heavy atom. The summed E-state index contributed by atoms with van der Waals surface area (Å²) in [7, 11) is -0.894. The number of halogens is 1. The van der Waals surface area contributed by atoms with E-state index in [0.29, 0.717) is 12.3 Å². The summed E-state index contributed by atoms with van der Waals surface area (Å²) in [6, 6.07) is -0.0492. The molecule has 1 saturated heterocycles. The van der Waals surface area contributed by atoms with Crippen molar-refractivity contribution < 1.29 is 9.00 Å². The van der Waals surface area contributed by atoms with Crippen LogP contribution < -0.4 is 10.6 Å². The Bertz CT molecular complexity index is 286. The van der Waals surface area contributed by atoms with Gasteiger partial charge in [-0.25, -0.2) is 0 Å². The molecule has 1 rings (SSSR count). The van der Waals surface area contributed by atoms with Gasteiger partial charge in [0.25, 0.3) is 0 Å². The van der Waals surface area contributed by atoms with E-state index in [1.54, 1.807) is 0 Å². The molecule has 0 aromatic rings. The van der Waals surface area contributed by atoms with Crippen LogP contribution in [0.2, 0.25) is 0 Å². The van der Waals surface area contributed by atoms with E-state index in [9.17, 15) is 9.00 Å². The maximum Gasteiger partial charge on any atom is 0.237 e. The fourth-order valence-corrected chi connectivity index (χ4v) is 2.67. The molecule has 0 saturated carbocycles. The smallest absolute Gasteiger partial charge is 0.237 e. The standard InChI is InChI=1S/C12H24N2O2S.ClH/c1-12(2,3)17(16)9-8-14-11(15)10-6-4-5-7-13-10;/h10,13H,4-9H2,1-3H3,(H,14,15);1H. The Hall–Kier alpha value is -0.130. The second-order valence-electron chi connectivity index (χ2n) is 5.46. The molecule has 1 heterocycles. The van der Waals surface area contributed by atoms with Gasteiger partial charge in [0.1, 0.15) is 0 Å². The first kappa shape index (κ1) is 17.9. The lowest BCUT2D eigenvalue weighted by Crippen LogP contribution is -2.47. The zero-order valence-corrected chi connectivity index (χ0v) is 13.1. The average molecular weight is 297 g/mol. The highest BCUT2D eigenvalue weighted by Crippen LogP contribution is 2.10. The molecule has 2 atom stereocenters. The largest absolute Gasteiger partial charge is 0.354 e. The van der Waals surface area contributed by atoms with Crippen molar-refractivity contribution in [2.75, 3.05) is 18.8 Å². The molecule has 18 heavy (non-hydrogen) atoms. The van der Waals surface area contributed by atoms with Gasteiger partial charge in [-0.1, -0.05) is 6.42 Å². The van der Waals surface area contributed by atoms with Crippen molar-refractivity contribution in [2.45, 2.75) is 50.8 Å².